The molecule has 0 spiro atoms. The topological polar surface area (TPSA) is 50.7 Å². The highest BCUT2D eigenvalue weighted by molar-refractivity contribution is 9.10. The molecule has 6 heteroatoms. The van der Waals surface area contributed by atoms with E-state index in [1.807, 2.05) is 17.5 Å². The van der Waals surface area contributed by atoms with Gasteiger partial charge in [0.05, 0.1) is 9.17 Å². The lowest BCUT2D eigenvalue weighted by Gasteiger charge is -2.08. The van der Waals surface area contributed by atoms with Crippen molar-refractivity contribution in [1.29, 1.82) is 0 Å². The second-order valence-electron chi connectivity index (χ2n) is 4.32. The van der Waals surface area contributed by atoms with E-state index >= 15 is 0 Å². The molecule has 3 rings (SSSR count). The Morgan fingerprint density at radius 3 is 2.80 bits per heavy atom. The van der Waals surface area contributed by atoms with Crippen molar-refractivity contribution >= 4 is 43.3 Å². The SMILES string of the molecule is CCCNc1nc(-c2ccncc2)nc2c(Br)csc12. The number of halogens is 1. The largest absolute Gasteiger partial charge is 0.369 e. The van der Waals surface area contributed by atoms with Crippen LogP contribution in [0.2, 0.25) is 0 Å². The number of thiophene rings is 1. The van der Waals surface area contributed by atoms with Crippen LogP contribution in [0.25, 0.3) is 21.6 Å². The summed E-state index contributed by atoms with van der Waals surface area (Å²) in [5.74, 6) is 1.62. The second kappa shape index (κ2) is 5.85. The average molecular weight is 349 g/mol. The fraction of sp³-hybridized carbons (Fsp3) is 0.214. The van der Waals surface area contributed by atoms with Crippen LogP contribution in [0.15, 0.2) is 34.4 Å². The van der Waals surface area contributed by atoms with E-state index in [2.05, 4.69) is 43.1 Å². The van der Waals surface area contributed by atoms with Crippen LogP contribution < -0.4 is 5.32 Å². The number of anilines is 1. The smallest absolute Gasteiger partial charge is 0.162 e. The van der Waals surface area contributed by atoms with E-state index in [4.69, 9.17) is 0 Å². The fourth-order valence-electron chi connectivity index (χ4n) is 1.88. The van der Waals surface area contributed by atoms with Crippen molar-refractivity contribution < 1.29 is 0 Å². The normalized spacial score (nSPS) is 10.9. The highest BCUT2D eigenvalue weighted by Crippen LogP contribution is 2.34. The number of nitrogens with one attached hydrogen (secondary N) is 1. The predicted octanol–water partition coefficient (Wildman–Crippen LogP) is 4.34. The standard InChI is InChI=1S/C14H13BrN4S/c1-2-5-17-14-12-11(10(15)8-20-12)18-13(19-14)9-3-6-16-7-4-9/h3-4,6-8H,2,5H2,1H3,(H,17,18,19). The molecule has 0 fully saturated rings. The van der Waals surface area contributed by atoms with E-state index < -0.39 is 0 Å². The number of aromatic nitrogens is 3. The Bertz CT molecular complexity index is 727. The average Bonchev–Trinajstić information content (AvgIpc) is 2.87. The Hall–Kier alpha value is -1.53. The van der Waals surface area contributed by atoms with Crippen LogP contribution >= 0.6 is 27.3 Å². The lowest BCUT2D eigenvalue weighted by Crippen LogP contribution is -2.03. The zero-order chi connectivity index (χ0) is 13.9. The van der Waals surface area contributed by atoms with Crippen LogP contribution in [0.5, 0.6) is 0 Å². The van der Waals surface area contributed by atoms with Gasteiger partial charge in [-0.15, -0.1) is 11.3 Å². The Morgan fingerprint density at radius 2 is 2.05 bits per heavy atom. The van der Waals surface area contributed by atoms with E-state index in [9.17, 15) is 0 Å². The van der Waals surface area contributed by atoms with E-state index in [-0.39, 0.29) is 0 Å². The summed E-state index contributed by atoms with van der Waals surface area (Å²) < 4.78 is 2.10. The van der Waals surface area contributed by atoms with Gasteiger partial charge in [0, 0.05) is 29.9 Å². The molecule has 4 nitrogen and oxygen atoms in total. The quantitative estimate of drug-likeness (QED) is 0.761. The van der Waals surface area contributed by atoms with Gasteiger partial charge in [-0.3, -0.25) is 4.98 Å². The van der Waals surface area contributed by atoms with Gasteiger partial charge < -0.3 is 5.32 Å². The maximum absolute atomic E-state index is 4.66. The predicted molar refractivity (Wildman–Crippen MR) is 87.1 cm³/mol. The van der Waals surface area contributed by atoms with Gasteiger partial charge in [-0.25, -0.2) is 9.97 Å². The molecular formula is C14H13BrN4S. The minimum absolute atomic E-state index is 0.720. The van der Waals surface area contributed by atoms with E-state index in [0.717, 1.165) is 44.9 Å². The molecular weight excluding hydrogens is 336 g/mol. The van der Waals surface area contributed by atoms with Crippen LogP contribution in [0, 0.1) is 0 Å². The third-order valence-electron chi connectivity index (χ3n) is 2.85. The van der Waals surface area contributed by atoms with Crippen LogP contribution in [0.3, 0.4) is 0 Å². The van der Waals surface area contributed by atoms with Gasteiger partial charge in [-0.2, -0.15) is 0 Å². The van der Waals surface area contributed by atoms with Gasteiger partial charge in [0.1, 0.15) is 11.3 Å². The van der Waals surface area contributed by atoms with Crippen molar-refractivity contribution in [2.75, 3.05) is 11.9 Å². The number of hydrogen-bond acceptors (Lipinski definition) is 5. The van der Waals surface area contributed by atoms with Crippen LogP contribution in [0.1, 0.15) is 13.3 Å². The van der Waals surface area contributed by atoms with Crippen LogP contribution in [-0.2, 0) is 0 Å². The van der Waals surface area contributed by atoms with E-state index in [1.165, 1.54) is 0 Å². The molecule has 0 atom stereocenters. The van der Waals surface area contributed by atoms with Gasteiger partial charge in [-0.1, -0.05) is 6.92 Å². The molecule has 0 bridgehead atoms. The molecule has 0 aliphatic carbocycles. The first-order valence-electron chi connectivity index (χ1n) is 6.38. The highest BCUT2D eigenvalue weighted by atomic mass is 79.9. The van der Waals surface area contributed by atoms with Gasteiger partial charge in [-0.05, 0) is 34.5 Å². The van der Waals surface area contributed by atoms with E-state index in [0.29, 0.717) is 0 Å². The van der Waals surface area contributed by atoms with Crippen molar-refractivity contribution in [3.8, 4) is 11.4 Å². The Morgan fingerprint density at radius 1 is 1.25 bits per heavy atom. The molecule has 0 radical (unpaired) electrons. The molecule has 0 saturated heterocycles. The second-order valence-corrected chi connectivity index (χ2v) is 6.05. The summed E-state index contributed by atoms with van der Waals surface area (Å²) in [5.41, 5.74) is 1.93. The zero-order valence-electron chi connectivity index (χ0n) is 10.9. The minimum Gasteiger partial charge on any atom is -0.369 e. The van der Waals surface area contributed by atoms with Crippen molar-refractivity contribution in [3.63, 3.8) is 0 Å². The lowest BCUT2D eigenvalue weighted by molar-refractivity contribution is 0.971. The molecule has 1 N–H and O–H groups in total. The summed E-state index contributed by atoms with van der Waals surface area (Å²) in [7, 11) is 0. The summed E-state index contributed by atoms with van der Waals surface area (Å²) in [5, 5.41) is 5.43. The van der Waals surface area contributed by atoms with Crippen LogP contribution in [-0.4, -0.2) is 21.5 Å². The first kappa shape index (κ1) is 13.5. The first-order valence-corrected chi connectivity index (χ1v) is 8.06. The highest BCUT2D eigenvalue weighted by Gasteiger charge is 2.13. The molecule has 0 aliphatic rings. The Balaban J connectivity index is 2.16. The molecule has 0 aromatic carbocycles. The van der Waals surface area contributed by atoms with Crippen molar-refractivity contribution in [2.24, 2.45) is 0 Å². The number of fused-ring (bicyclic) bond motifs is 1. The molecule has 0 unspecified atom stereocenters. The first-order chi connectivity index (χ1) is 9.79. The van der Waals surface area contributed by atoms with Gasteiger partial charge in [0.15, 0.2) is 5.82 Å². The number of pyridine rings is 1. The maximum Gasteiger partial charge on any atom is 0.162 e. The monoisotopic (exact) mass is 348 g/mol. The summed E-state index contributed by atoms with van der Waals surface area (Å²) >= 11 is 5.20. The number of rotatable bonds is 4. The Labute approximate surface area is 129 Å². The summed E-state index contributed by atoms with van der Waals surface area (Å²) in [6.45, 7) is 3.04. The van der Waals surface area contributed by atoms with Crippen molar-refractivity contribution in [3.05, 3.63) is 34.4 Å². The van der Waals surface area contributed by atoms with Crippen molar-refractivity contribution in [2.45, 2.75) is 13.3 Å². The van der Waals surface area contributed by atoms with Gasteiger partial charge in [0.2, 0.25) is 0 Å². The molecule has 3 aromatic heterocycles. The minimum atomic E-state index is 0.720. The third-order valence-corrected chi connectivity index (χ3v) is 4.74. The molecule has 0 aliphatic heterocycles. The molecule has 3 aromatic rings. The molecule has 0 saturated carbocycles. The zero-order valence-corrected chi connectivity index (χ0v) is 13.3. The Kier molecular flexibility index (Phi) is 3.93. The van der Waals surface area contributed by atoms with Crippen molar-refractivity contribution in [1.82, 2.24) is 15.0 Å². The molecule has 102 valence electrons. The number of hydrogen-bond donors (Lipinski definition) is 1. The molecule has 20 heavy (non-hydrogen) atoms. The summed E-state index contributed by atoms with van der Waals surface area (Å²) in [4.78, 5) is 13.4. The lowest BCUT2D eigenvalue weighted by atomic mass is 10.2. The van der Waals surface area contributed by atoms with E-state index in [1.54, 1.807) is 23.7 Å². The third kappa shape index (κ3) is 2.53. The summed E-state index contributed by atoms with van der Waals surface area (Å²) in [6, 6.07) is 3.84. The van der Waals surface area contributed by atoms with Gasteiger partial charge >= 0.3 is 0 Å². The fourth-order valence-corrected chi connectivity index (χ4v) is 3.41. The van der Waals surface area contributed by atoms with Crippen LogP contribution in [0.4, 0.5) is 5.82 Å². The van der Waals surface area contributed by atoms with Gasteiger partial charge in [0.25, 0.3) is 0 Å². The maximum atomic E-state index is 4.66. The summed E-state index contributed by atoms with van der Waals surface area (Å²) in [6.07, 6.45) is 4.57. The number of nitrogens with zero attached hydrogens (tertiary/aromatic N) is 3. The molecule has 3 heterocycles. The molecule has 0 amide bonds.